The lowest BCUT2D eigenvalue weighted by molar-refractivity contribution is 0.361. The Bertz CT molecular complexity index is 622. The molecule has 0 N–H and O–H groups in total. The van der Waals surface area contributed by atoms with Crippen LogP contribution >= 0.6 is 0 Å². The van der Waals surface area contributed by atoms with E-state index in [9.17, 15) is 0 Å². The van der Waals surface area contributed by atoms with Crippen molar-refractivity contribution in [2.45, 2.75) is 19.8 Å². The highest BCUT2D eigenvalue weighted by Crippen LogP contribution is 2.19. The summed E-state index contributed by atoms with van der Waals surface area (Å²) < 4.78 is 5.59. The first-order valence-corrected chi connectivity index (χ1v) is 7.08. The van der Waals surface area contributed by atoms with E-state index in [0.717, 1.165) is 29.8 Å². The quantitative estimate of drug-likeness (QED) is 0.738. The van der Waals surface area contributed by atoms with E-state index in [2.05, 4.69) is 24.1 Å². The number of nitrogens with zero attached hydrogens (tertiary/aromatic N) is 2. The van der Waals surface area contributed by atoms with E-state index in [4.69, 9.17) is 10.00 Å². The number of rotatable bonds is 6. The smallest absolute Gasteiger partial charge is 0.138 e. The van der Waals surface area contributed by atoms with Crippen LogP contribution in [0.5, 0.6) is 5.75 Å². The van der Waals surface area contributed by atoms with Gasteiger partial charge in [0.2, 0.25) is 0 Å². The van der Waals surface area contributed by atoms with E-state index in [-0.39, 0.29) is 0 Å². The molecule has 0 fully saturated rings. The summed E-state index contributed by atoms with van der Waals surface area (Å²) in [7, 11) is 0. The van der Waals surface area contributed by atoms with Gasteiger partial charge in [0.05, 0.1) is 23.5 Å². The Hall–Kier alpha value is -2.60. The van der Waals surface area contributed by atoms with Gasteiger partial charge in [0.1, 0.15) is 12.4 Å². The molecule has 0 saturated heterocycles. The molecule has 0 aliphatic carbocycles. The number of ether oxygens (including phenoxy) is 1. The highest BCUT2D eigenvalue weighted by molar-refractivity contribution is 5.60. The second kappa shape index (κ2) is 7.86. The number of allylic oxidation sites excluding steroid dienone is 1. The maximum Gasteiger partial charge on any atom is 0.138 e. The summed E-state index contributed by atoms with van der Waals surface area (Å²) in [5, 5.41) is 8.78. The zero-order chi connectivity index (χ0) is 14.9. The molecule has 21 heavy (non-hydrogen) atoms. The van der Waals surface area contributed by atoms with Crippen molar-refractivity contribution < 1.29 is 4.74 Å². The summed E-state index contributed by atoms with van der Waals surface area (Å²) in [5.74, 6) is 0.758. The molecule has 0 bridgehead atoms. The number of benzene rings is 1. The van der Waals surface area contributed by atoms with Crippen LogP contribution in [0.3, 0.4) is 0 Å². The van der Waals surface area contributed by atoms with Gasteiger partial charge in [0, 0.05) is 5.56 Å². The summed E-state index contributed by atoms with van der Waals surface area (Å²) in [6.07, 6.45) is 8.11. The molecule has 1 heterocycles. The van der Waals surface area contributed by atoms with Gasteiger partial charge in [-0.1, -0.05) is 37.6 Å². The van der Waals surface area contributed by atoms with E-state index < -0.39 is 0 Å². The minimum Gasteiger partial charge on any atom is -0.488 e. The Kier molecular flexibility index (Phi) is 5.54. The first-order chi connectivity index (χ1) is 10.3. The molecule has 0 amide bonds. The number of unbranched alkanes of at least 4 members (excludes halogenated alkanes) is 1. The molecule has 2 rings (SSSR count). The highest BCUT2D eigenvalue weighted by Gasteiger charge is 2.00. The molecular formula is C18H18N2O. The topological polar surface area (TPSA) is 45.9 Å². The van der Waals surface area contributed by atoms with E-state index >= 15 is 0 Å². The first-order valence-electron chi connectivity index (χ1n) is 7.08. The molecule has 1 aromatic heterocycles. The van der Waals surface area contributed by atoms with E-state index in [1.165, 1.54) is 0 Å². The zero-order valence-corrected chi connectivity index (χ0v) is 12.1. The molecular weight excluding hydrogens is 260 g/mol. The van der Waals surface area contributed by atoms with Crippen LogP contribution in [0.25, 0.3) is 11.3 Å². The van der Waals surface area contributed by atoms with Gasteiger partial charge in [-0.25, -0.2) is 0 Å². The van der Waals surface area contributed by atoms with Gasteiger partial charge in [0.15, 0.2) is 0 Å². The lowest BCUT2D eigenvalue weighted by Crippen LogP contribution is -1.94. The second-order valence-electron chi connectivity index (χ2n) is 4.64. The number of nitriles is 1. The summed E-state index contributed by atoms with van der Waals surface area (Å²) in [6, 6.07) is 13.3. The maximum atomic E-state index is 8.78. The van der Waals surface area contributed by atoms with Crippen LogP contribution in [0.15, 0.2) is 54.7 Å². The standard InChI is InChI=1S/C18H18N2O/c1-2-3-4-5-12-21-17-10-11-18(20-14-17)16-8-6-15(13-19)7-9-16/h4-11,14H,2-3,12H2,1H3/b5-4+. The van der Waals surface area contributed by atoms with E-state index in [1.807, 2.05) is 30.3 Å². The normalized spacial score (nSPS) is 10.5. The van der Waals surface area contributed by atoms with Gasteiger partial charge in [0.25, 0.3) is 0 Å². The van der Waals surface area contributed by atoms with Crippen LogP contribution in [0.1, 0.15) is 25.3 Å². The Morgan fingerprint density at radius 1 is 1.14 bits per heavy atom. The van der Waals surface area contributed by atoms with Gasteiger partial charge in [-0.2, -0.15) is 5.26 Å². The molecule has 0 unspecified atom stereocenters. The third-order valence-corrected chi connectivity index (χ3v) is 3.01. The van der Waals surface area contributed by atoms with Crippen LogP contribution in [0.4, 0.5) is 0 Å². The number of hydrogen-bond acceptors (Lipinski definition) is 3. The van der Waals surface area contributed by atoms with Gasteiger partial charge < -0.3 is 4.74 Å². The Balaban J connectivity index is 1.96. The average Bonchev–Trinajstić information content (AvgIpc) is 2.55. The van der Waals surface area contributed by atoms with Crippen molar-refractivity contribution in [1.82, 2.24) is 4.98 Å². The first kappa shape index (κ1) is 14.8. The van der Waals surface area contributed by atoms with Gasteiger partial charge in [-0.15, -0.1) is 0 Å². The predicted octanol–water partition coefficient (Wildman–Crippen LogP) is 4.36. The molecule has 0 radical (unpaired) electrons. The van der Waals surface area contributed by atoms with Crippen molar-refractivity contribution in [1.29, 1.82) is 5.26 Å². The molecule has 0 spiro atoms. The van der Waals surface area contributed by atoms with Crippen molar-refractivity contribution in [3.8, 4) is 23.1 Å². The Morgan fingerprint density at radius 3 is 2.57 bits per heavy atom. The molecule has 3 nitrogen and oxygen atoms in total. The van der Waals surface area contributed by atoms with Gasteiger partial charge in [-0.05, 0) is 30.7 Å². The Morgan fingerprint density at radius 2 is 1.95 bits per heavy atom. The minimum atomic E-state index is 0.567. The van der Waals surface area contributed by atoms with Crippen LogP contribution in [0, 0.1) is 11.3 Å². The van der Waals surface area contributed by atoms with E-state index in [1.54, 1.807) is 18.3 Å². The van der Waals surface area contributed by atoms with Crippen molar-refractivity contribution >= 4 is 0 Å². The summed E-state index contributed by atoms with van der Waals surface area (Å²) in [6.45, 7) is 2.72. The summed E-state index contributed by atoms with van der Waals surface area (Å²) in [4.78, 5) is 4.39. The number of pyridine rings is 1. The molecule has 0 aliphatic heterocycles. The lowest BCUT2D eigenvalue weighted by Gasteiger charge is -2.05. The van der Waals surface area contributed by atoms with Crippen LogP contribution in [-0.4, -0.2) is 11.6 Å². The predicted molar refractivity (Wildman–Crippen MR) is 83.9 cm³/mol. The third kappa shape index (κ3) is 4.47. The van der Waals surface area contributed by atoms with Gasteiger partial charge in [-0.3, -0.25) is 4.98 Å². The molecule has 2 aromatic rings. The molecule has 0 atom stereocenters. The van der Waals surface area contributed by atoms with Crippen LogP contribution in [0.2, 0.25) is 0 Å². The van der Waals surface area contributed by atoms with Crippen molar-refractivity contribution in [2.24, 2.45) is 0 Å². The lowest BCUT2D eigenvalue weighted by atomic mass is 10.1. The molecule has 0 aliphatic rings. The molecule has 0 saturated carbocycles. The maximum absolute atomic E-state index is 8.78. The molecule has 1 aromatic carbocycles. The highest BCUT2D eigenvalue weighted by atomic mass is 16.5. The molecule has 106 valence electrons. The fourth-order valence-corrected chi connectivity index (χ4v) is 1.85. The summed E-state index contributed by atoms with van der Waals surface area (Å²) >= 11 is 0. The minimum absolute atomic E-state index is 0.567. The van der Waals surface area contributed by atoms with Crippen molar-refractivity contribution in [3.05, 3.63) is 60.3 Å². The monoisotopic (exact) mass is 278 g/mol. The number of aromatic nitrogens is 1. The van der Waals surface area contributed by atoms with Crippen molar-refractivity contribution in [2.75, 3.05) is 6.61 Å². The summed E-state index contributed by atoms with van der Waals surface area (Å²) in [5.41, 5.74) is 2.51. The van der Waals surface area contributed by atoms with Crippen LogP contribution in [-0.2, 0) is 0 Å². The van der Waals surface area contributed by atoms with Crippen LogP contribution < -0.4 is 4.74 Å². The average molecular weight is 278 g/mol. The Labute approximate surface area is 125 Å². The number of hydrogen-bond donors (Lipinski definition) is 0. The second-order valence-corrected chi connectivity index (χ2v) is 4.64. The zero-order valence-electron chi connectivity index (χ0n) is 12.1. The van der Waals surface area contributed by atoms with Gasteiger partial charge >= 0.3 is 0 Å². The van der Waals surface area contributed by atoms with E-state index in [0.29, 0.717) is 12.2 Å². The van der Waals surface area contributed by atoms with Crippen molar-refractivity contribution in [3.63, 3.8) is 0 Å². The fraction of sp³-hybridized carbons (Fsp3) is 0.222. The largest absolute Gasteiger partial charge is 0.488 e. The fourth-order valence-electron chi connectivity index (χ4n) is 1.85. The SMILES string of the molecule is CCC/C=C/COc1ccc(-c2ccc(C#N)cc2)nc1. The third-order valence-electron chi connectivity index (χ3n) is 3.01. The molecule has 3 heteroatoms.